The third-order valence-corrected chi connectivity index (χ3v) is 3.77. The van der Waals surface area contributed by atoms with Crippen molar-refractivity contribution in [3.05, 3.63) is 47.3 Å². The first-order valence-corrected chi connectivity index (χ1v) is 6.59. The molecule has 1 aliphatic rings. The minimum Gasteiger partial charge on any atom is -0.496 e. The number of methoxy groups -OCH3 is 1. The van der Waals surface area contributed by atoms with Crippen LogP contribution in [0.4, 0.5) is 0 Å². The summed E-state index contributed by atoms with van der Waals surface area (Å²) in [5, 5.41) is 0. The Morgan fingerprint density at radius 1 is 1.21 bits per heavy atom. The zero-order chi connectivity index (χ0) is 13.4. The number of hydrogen-bond acceptors (Lipinski definition) is 2. The van der Waals surface area contributed by atoms with Crippen molar-refractivity contribution in [3.63, 3.8) is 0 Å². The van der Waals surface area contributed by atoms with Crippen molar-refractivity contribution >= 4 is 5.78 Å². The molecule has 0 saturated heterocycles. The van der Waals surface area contributed by atoms with E-state index in [4.69, 9.17) is 4.74 Å². The highest BCUT2D eigenvalue weighted by Gasteiger charge is 2.21. The SMILES string of the molecule is COc1ccc(-n2ccc3c2CCCC3=O)cc1C. The second-order valence-electron chi connectivity index (χ2n) is 4.98. The molecule has 1 heterocycles. The average Bonchev–Trinajstić information content (AvgIpc) is 2.84. The number of hydrogen-bond donors (Lipinski definition) is 0. The van der Waals surface area contributed by atoms with Gasteiger partial charge in [-0.25, -0.2) is 0 Å². The predicted octanol–water partition coefficient (Wildman–Crippen LogP) is 3.31. The molecule has 1 aromatic heterocycles. The van der Waals surface area contributed by atoms with Gasteiger partial charge in [0.2, 0.25) is 0 Å². The van der Waals surface area contributed by atoms with E-state index < -0.39 is 0 Å². The Morgan fingerprint density at radius 3 is 2.79 bits per heavy atom. The van der Waals surface area contributed by atoms with E-state index in [2.05, 4.69) is 10.6 Å². The number of benzene rings is 1. The second-order valence-corrected chi connectivity index (χ2v) is 4.98. The highest BCUT2D eigenvalue weighted by atomic mass is 16.5. The van der Waals surface area contributed by atoms with Gasteiger partial charge in [0.1, 0.15) is 5.75 Å². The van der Waals surface area contributed by atoms with Crippen molar-refractivity contribution < 1.29 is 9.53 Å². The van der Waals surface area contributed by atoms with E-state index in [1.807, 2.05) is 31.3 Å². The largest absolute Gasteiger partial charge is 0.496 e. The molecule has 1 aliphatic carbocycles. The van der Waals surface area contributed by atoms with Gasteiger partial charge in [0.25, 0.3) is 0 Å². The Kier molecular flexibility index (Phi) is 2.90. The second kappa shape index (κ2) is 4.57. The molecule has 3 rings (SSSR count). The van der Waals surface area contributed by atoms with Crippen LogP contribution in [0.1, 0.15) is 34.5 Å². The molecule has 0 aliphatic heterocycles. The number of carbonyl (C=O) groups is 1. The van der Waals surface area contributed by atoms with Crippen LogP contribution in [0.15, 0.2) is 30.5 Å². The first-order valence-electron chi connectivity index (χ1n) is 6.59. The minimum atomic E-state index is 0.269. The lowest BCUT2D eigenvalue weighted by Gasteiger charge is -2.16. The molecule has 0 fully saturated rings. The quantitative estimate of drug-likeness (QED) is 0.824. The van der Waals surface area contributed by atoms with Gasteiger partial charge in [-0.2, -0.15) is 0 Å². The lowest BCUT2D eigenvalue weighted by Crippen LogP contribution is -2.12. The smallest absolute Gasteiger partial charge is 0.164 e. The van der Waals surface area contributed by atoms with Crippen LogP contribution in [0.5, 0.6) is 5.75 Å². The van der Waals surface area contributed by atoms with Crippen LogP contribution in [0, 0.1) is 6.92 Å². The summed E-state index contributed by atoms with van der Waals surface area (Å²) in [6.45, 7) is 2.03. The fourth-order valence-corrected chi connectivity index (χ4v) is 2.78. The summed E-state index contributed by atoms with van der Waals surface area (Å²) in [5.41, 5.74) is 4.22. The maximum Gasteiger partial charge on any atom is 0.164 e. The molecule has 0 amide bonds. The number of ketones is 1. The van der Waals surface area contributed by atoms with Crippen LogP contribution in [0.3, 0.4) is 0 Å². The molecular weight excluding hydrogens is 238 g/mol. The van der Waals surface area contributed by atoms with Gasteiger partial charge in [-0.15, -0.1) is 0 Å². The first-order chi connectivity index (χ1) is 9.20. The Labute approximate surface area is 112 Å². The third-order valence-electron chi connectivity index (χ3n) is 3.77. The minimum absolute atomic E-state index is 0.269. The molecule has 1 aromatic carbocycles. The molecule has 3 nitrogen and oxygen atoms in total. The standard InChI is InChI=1S/C16H17NO2/c1-11-10-12(6-7-16(11)19-2)17-9-8-13-14(17)4-3-5-15(13)18/h6-10H,3-5H2,1-2H3. The van der Waals surface area contributed by atoms with Crippen LogP contribution >= 0.6 is 0 Å². The highest BCUT2D eigenvalue weighted by molar-refractivity contribution is 5.98. The van der Waals surface area contributed by atoms with E-state index in [9.17, 15) is 4.79 Å². The summed E-state index contributed by atoms with van der Waals surface area (Å²) in [4.78, 5) is 11.9. The van der Waals surface area contributed by atoms with Crippen LogP contribution in [-0.4, -0.2) is 17.5 Å². The topological polar surface area (TPSA) is 31.2 Å². The van der Waals surface area contributed by atoms with Gasteiger partial charge in [0.05, 0.1) is 7.11 Å². The van der Waals surface area contributed by atoms with Crippen molar-refractivity contribution in [3.8, 4) is 11.4 Å². The number of carbonyl (C=O) groups excluding carboxylic acids is 1. The molecule has 0 spiro atoms. The lowest BCUT2D eigenvalue weighted by atomic mass is 9.96. The van der Waals surface area contributed by atoms with E-state index >= 15 is 0 Å². The molecule has 98 valence electrons. The normalized spacial score (nSPS) is 14.3. The number of fused-ring (bicyclic) bond motifs is 1. The maximum atomic E-state index is 11.9. The number of ether oxygens (including phenoxy) is 1. The monoisotopic (exact) mass is 255 g/mol. The number of rotatable bonds is 2. The Bertz CT molecular complexity index is 640. The number of nitrogens with zero attached hydrogens (tertiary/aromatic N) is 1. The fourth-order valence-electron chi connectivity index (χ4n) is 2.78. The Balaban J connectivity index is 2.08. The van der Waals surface area contributed by atoms with E-state index in [-0.39, 0.29) is 5.78 Å². The van der Waals surface area contributed by atoms with Crippen LogP contribution < -0.4 is 4.74 Å². The van der Waals surface area contributed by atoms with Crippen molar-refractivity contribution in [1.29, 1.82) is 0 Å². The summed E-state index contributed by atoms with van der Waals surface area (Å²) in [6.07, 6.45) is 4.60. The molecule has 3 heteroatoms. The molecule has 0 radical (unpaired) electrons. The number of aromatic nitrogens is 1. The molecule has 2 aromatic rings. The van der Waals surface area contributed by atoms with Gasteiger partial charge in [0.15, 0.2) is 5.78 Å². The molecule has 0 bridgehead atoms. The molecule has 0 atom stereocenters. The summed E-state index contributed by atoms with van der Waals surface area (Å²) in [5.74, 6) is 1.16. The first kappa shape index (κ1) is 12.0. The molecule has 0 N–H and O–H groups in total. The zero-order valence-corrected chi connectivity index (χ0v) is 11.3. The van der Waals surface area contributed by atoms with Gasteiger partial charge < -0.3 is 9.30 Å². The maximum absolute atomic E-state index is 11.9. The summed E-state index contributed by atoms with van der Waals surface area (Å²) >= 11 is 0. The van der Waals surface area contributed by atoms with Crippen LogP contribution in [-0.2, 0) is 6.42 Å². The molecule has 0 unspecified atom stereocenters. The van der Waals surface area contributed by atoms with Crippen LogP contribution in [0.25, 0.3) is 5.69 Å². The van der Waals surface area contributed by atoms with Crippen molar-refractivity contribution in [2.75, 3.05) is 7.11 Å². The van der Waals surface area contributed by atoms with Gasteiger partial charge in [-0.3, -0.25) is 4.79 Å². The van der Waals surface area contributed by atoms with Gasteiger partial charge in [0, 0.05) is 29.6 Å². The van der Waals surface area contributed by atoms with E-state index in [0.717, 1.165) is 41.1 Å². The van der Waals surface area contributed by atoms with Gasteiger partial charge in [-0.1, -0.05) is 0 Å². The molecular formula is C16H17NO2. The predicted molar refractivity (Wildman–Crippen MR) is 74.3 cm³/mol. The fraction of sp³-hybridized carbons (Fsp3) is 0.312. The Morgan fingerprint density at radius 2 is 2.05 bits per heavy atom. The number of Topliss-reactive ketones (excluding diaryl/α,β-unsaturated/α-hetero) is 1. The zero-order valence-electron chi connectivity index (χ0n) is 11.3. The van der Waals surface area contributed by atoms with Gasteiger partial charge >= 0.3 is 0 Å². The highest BCUT2D eigenvalue weighted by Crippen LogP contribution is 2.27. The Hall–Kier alpha value is -2.03. The van der Waals surface area contributed by atoms with E-state index in [1.54, 1.807) is 7.11 Å². The summed E-state index contributed by atoms with van der Waals surface area (Å²) in [6, 6.07) is 8.04. The van der Waals surface area contributed by atoms with E-state index in [0.29, 0.717) is 6.42 Å². The summed E-state index contributed by atoms with van der Waals surface area (Å²) in [7, 11) is 1.68. The molecule has 0 saturated carbocycles. The number of aryl methyl sites for hydroxylation is 1. The summed E-state index contributed by atoms with van der Waals surface area (Å²) < 4.78 is 7.41. The van der Waals surface area contributed by atoms with Crippen molar-refractivity contribution in [2.24, 2.45) is 0 Å². The lowest BCUT2D eigenvalue weighted by molar-refractivity contribution is 0.0972. The van der Waals surface area contributed by atoms with Crippen LogP contribution in [0.2, 0.25) is 0 Å². The van der Waals surface area contributed by atoms with E-state index in [1.165, 1.54) is 0 Å². The average molecular weight is 255 g/mol. The third kappa shape index (κ3) is 1.95. The van der Waals surface area contributed by atoms with Gasteiger partial charge in [-0.05, 0) is 49.6 Å². The van der Waals surface area contributed by atoms with Crippen molar-refractivity contribution in [1.82, 2.24) is 4.57 Å². The molecule has 19 heavy (non-hydrogen) atoms. The van der Waals surface area contributed by atoms with Crippen molar-refractivity contribution in [2.45, 2.75) is 26.2 Å².